The summed E-state index contributed by atoms with van der Waals surface area (Å²) in [6, 6.07) is 2.06. The van der Waals surface area contributed by atoms with Gasteiger partial charge in [-0.25, -0.2) is 0 Å². The van der Waals surface area contributed by atoms with Crippen molar-refractivity contribution in [3.05, 3.63) is 26.9 Å². The van der Waals surface area contributed by atoms with Crippen molar-refractivity contribution in [2.45, 2.75) is 18.8 Å². The molecule has 1 aliphatic carbocycles. The van der Waals surface area contributed by atoms with E-state index in [1.165, 1.54) is 18.5 Å². The summed E-state index contributed by atoms with van der Waals surface area (Å²) in [4.78, 5) is 4.35. The summed E-state index contributed by atoms with van der Waals surface area (Å²) < 4.78 is 2.17. The number of nitrogens with zero attached hydrogens (tertiary/aromatic N) is 1. The predicted octanol–water partition coefficient (Wildman–Crippen LogP) is 3.48. The van der Waals surface area contributed by atoms with E-state index >= 15 is 0 Å². The third-order valence-corrected chi connectivity index (χ3v) is 2.87. The van der Waals surface area contributed by atoms with Gasteiger partial charge in [0.1, 0.15) is 0 Å². The second kappa shape index (κ2) is 2.87. The highest BCUT2D eigenvalue weighted by atomic mass is 79.9. The lowest BCUT2D eigenvalue weighted by Gasteiger charge is -2.00. The summed E-state index contributed by atoms with van der Waals surface area (Å²) in [7, 11) is 0. The Bertz CT molecular complexity index is 281. The van der Waals surface area contributed by atoms with Crippen LogP contribution in [0.15, 0.2) is 21.2 Å². The number of pyridine rings is 1. The normalized spacial score (nSPS) is 16.9. The van der Waals surface area contributed by atoms with Gasteiger partial charge in [-0.1, -0.05) is 0 Å². The molecule has 3 heteroatoms. The zero-order valence-electron chi connectivity index (χ0n) is 5.85. The quantitative estimate of drug-likeness (QED) is 0.765. The molecule has 1 saturated carbocycles. The van der Waals surface area contributed by atoms with Crippen molar-refractivity contribution in [2.75, 3.05) is 0 Å². The van der Waals surface area contributed by atoms with E-state index in [4.69, 9.17) is 0 Å². The minimum Gasteiger partial charge on any atom is -0.259 e. The van der Waals surface area contributed by atoms with E-state index in [1.807, 2.05) is 6.20 Å². The van der Waals surface area contributed by atoms with Gasteiger partial charge in [-0.15, -0.1) is 0 Å². The van der Waals surface area contributed by atoms with E-state index < -0.39 is 0 Å². The molecule has 0 amide bonds. The lowest BCUT2D eigenvalue weighted by Crippen LogP contribution is -1.86. The third kappa shape index (κ3) is 1.64. The molecule has 1 nitrogen and oxygen atoms in total. The van der Waals surface area contributed by atoms with E-state index in [0.717, 1.165) is 14.9 Å². The first-order chi connectivity index (χ1) is 5.27. The van der Waals surface area contributed by atoms with Crippen LogP contribution in [0.1, 0.15) is 24.5 Å². The van der Waals surface area contributed by atoms with Crippen molar-refractivity contribution in [1.82, 2.24) is 4.98 Å². The van der Waals surface area contributed by atoms with Crippen LogP contribution in [0.5, 0.6) is 0 Å². The van der Waals surface area contributed by atoms with E-state index in [2.05, 4.69) is 42.9 Å². The molecule has 0 N–H and O–H groups in total. The molecule has 1 aliphatic rings. The molecule has 0 bridgehead atoms. The Morgan fingerprint density at radius 1 is 1.36 bits per heavy atom. The molecule has 0 aliphatic heterocycles. The Kier molecular flexibility index (Phi) is 2.02. The minimum atomic E-state index is 0.720. The third-order valence-electron chi connectivity index (χ3n) is 1.80. The second-order valence-corrected chi connectivity index (χ2v) is 4.56. The zero-order valence-corrected chi connectivity index (χ0v) is 9.02. The van der Waals surface area contributed by atoms with Crippen LogP contribution in [0.25, 0.3) is 0 Å². The summed E-state index contributed by atoms with van der Waals surface area (Å²) in [6.45, 7) is 0. The van der Waals surface area contributed by atoms with Crippen molar-refractivity contribution < 1.29 is 0 Å². The highest BCUT2D eigenvalue weighted by Gasteiger charge is 2.26. The van der Waals surface area contributed by atoms with Gasteiger partial charge in [0.05, 0.1) is 5.69 Å². The molecule has 1 aromatic rings. The number of rotatable bonds is 1. The molecule has 0 aromatic carbocycles. The van der Waals surface area contributed by atoms with Crippen LogP contribution < -0.4 is 0 Å². The monoisotopic (exact) mass is 275 g/mol. The Balaban J connectivity index is 2.39. The summed E-state index contributed by atoms with van der Waals surface area (Å²) in [5.41, 5.74) is 1.22. The molecular formula is C8H7Br2N. The SMILES string of the molecule is Brc1cnc(C2CC2)c(Br)c1. The zero-order chi connectivity index (χ0) is 7.84. The van der Waals surface area contributed by atoms with Crippen molar-refractivity contribution >= 4 is 31.9 Å². The van der Waals surface area contributed by atoms with E-state index in [-0.39, 0.29) is 0 Å². The molecule has 58 valence electrons. The molecule has 1 fully saturated rings. The van der Waals surface area contributed by atoms with Crippen LogP contribution in [0.2, 0.25) is 0 Å². The predicted molar refractivity (Wildman–Crippen MR) is 51.6 cm³/mol. The Hall–Kier alpha value is 0.110. The van der Waals surface area contributed by atoms with Gasteiger partial charge >= 0.3 is 0 Å². The summed E-state index contributed by atoms with van der Waals surface area (Å²) in [6.07, 6.45) is 4.46. The van der Waals surface area contributed by atoms with Crippen LogP contribution in [-0.2, 0) is 0 Å². The van der Waals surface area contributed by atoms with Crippen molar-refractivity contribution in [3.8, 4) is 0 Å². The van der Waals surface area contributed by atoms with Gasteiger partial charge < -0.3 is 0 Å². The molecule has 1 heterocycles. The summed E-state index contributed by atoms with van der Waals surface area (Å²) in [5.74, 6) is 0.720. The number of hydrogen-bond acceptors (Lipinski definition) is 1. The Morgan fingerprint density at radius 3 is 2.64 bits per heavy atom. The fraction of sp³-hybridized carbons (Fsp3) is 0.375. The highest BCUT2D eigenvalue weighted by Crippen LogP contribution is 2.42. The van der Waals surface area contributed by atoms with E-state index in [9.17, 15) is 0 Å². The molecule has 0 saturated heterocycles. The molecule has 0 unspecified atom stereocenters. The molecule has 11 heavy (non-hydrogen) atoms. The number of aromatic nitrogens is 1. The lowest BCUT2D eigenvalue weighted by molar-refractivity contribution is 1.01. The second-order valence-electron chi connectivity index (χ2n) is 2.79. The molecule has 1 aromatic heterocycles. The van der Waals surface area contributed by atoms with Gasteiger partial charge in [-0.05, 0) is 50.8 Å². The molecule has 0 atom stereocenters. The van der Waals surface area contributed by atoms with Gasteiger partial charge in [0, 0.05) is 21.1 Å². The fourth-order valence-electron chi connectivity index (χ4n) is 1.08. The van der Waals surface area contributed by atoms with E-state index in [1.54, 1.807) is 0 Å². The van der Waals surface area contributed by atoms with Gasteiger partial charge in [0.25, 0.3) is 0 Å². The highest BCUT2D eigenvalue weighted by molar-refractivity contribution is 9.11. The maximum atomic E-state index is 4.35. The first-order valence-electron chi connectivity index (χ1n) is 3.58. The van der Waals surface area contributed by atoms with Crippen LogP contribution >= 0.6 is 31.9 Å². The van der Waals surface area contributed by atoms with Crippen molar-refractivity contribution in [3.63, 3.8) is 0 Å². The number of halogens is 2. The average molecular weight is 277 g/mol. The lowest BCUT2D eigenvalue weighted by atomic mass is 10.2. The average Bonchev–Trinajstić information content (AvgIpc) is 2.70. The van der Waals surface area contributed by atoms with Gasteiger partial charge in [0.2, 0.25) is 0 Å². The smallest absolute Gasteiger partial charge is 0.0577 e. The molecule has 0 radical (unpaired) electrons. The van der Waals surface area contributed by atoms with Crippen LogP contribution in [0.4, 0.5) is 0 Å². The Morgan fingerprint density at radius 2 is 2.09 bits per heavy atom. The Labute approximate surface area is 82.5 Å². The molecule has 2 rings (SSSR count). The molecule has 0 spiro atoms. The maximum Gasteiger partial charge on any atom is 0.0577 e. The van der Waals surface area contributed by atoms with E-state index in [0.29, 0.717) is 0 Å². The standard InChI is InChI=1S/C8H7Br2N/c9-6-3-7(10)8(11-4-6)5-1-2-5/h3-5H,1-2H2. The fourth-order valence-corrected chi connectivity index (χ4v) is 2.39. The molecular weight excluding hydrogens is 270 g/mol. The van der Waals surface area contributed by atoms with Gasteiger partial charge in [-0.2, -0.15) is 0 Å². The largest absolute Gasteiger partial charge is 0.259 e. The van der Waals surface area contributed by atoms with Crippen LogP contribution in [0, 0.1) is 0 Å². The van der Waals surface area contributed by atoms with Crippen LogP contribution in [-0.4, -0.2) is 4.98 Å². The summed E-state index contributed by atoms with van der Waals surface area (Å²) in [5, 5.41) is 0. The van der Waals surface area contributed by atoms with Gasteiger partial charge in [0.15, 0.2) is 0 Å². The first kappa shape index (κ1) is 7.74. The summed E-state index contributed by atoms with van der Waals surface area (Å²) >= 11 is 6.87. The maximum absolute atomic E-state index is 4.35. The van der Waals surface area contributed by atoms with Gasteiger partial charge in [-0.3, -0.25) is 4.98 Å². The first-order valence-corrected chi connectivity index (χ1v) is 5.17. The minimum absolute atomic E-state index is 0.720. The van der Waals surface area contributed by atoms with Crippen molar-refractivity contribution in [1.29, 1.82) is 0 Å². The van der Waals surface area contributed by atoms with Crippen molar-refractivity contribution in [2.24, 2.45) is 0 Å². The topological polar surface area (TPSA) is 12.9 Å². The number of hydrogen-bond donors (Lipinski definition) is 0. The van der Waals surface area contributed by atoms with Crippen LogP contribution in [0.3, 0.4) is 0 Å².